The molecule has 26 heavy (non-hydrogen) atoms. The van der Waals surface area contributed by atoms with Crippen molar-refractivity contribution in [2.45, 2.75) is 52.7 Å². The van der Waals surface area contributed by atoms with Crippen LogP contribution in [0.3, 0.4) is 0 Å². The molecule has 2 aromatic heterocycles. The van der Waals surface area contributed by atoms with Crippen molar-refractivity contribution in [3.8, 4) is 0 Å². The molecule has 1 saturated heterocycles. The number of rotatable bonds is 2. The van der Waals surface area contributed by atoms with Crippen LogP contribution in [0.5, 0.6) is 0 Å². The van der Waals surface area contributed by atoms with Crippen LogP contribution in [0.25, 0.3) is 11.1 Å². The maximum atomic E-state index is 12.8. The van der Waals surface area contributed by atoms with E-state index in [0.29, 0.717) is 30.8 Å². The smallest absolute Gasteiger partial charge is 0.407 e. The first-order valence-electron chi connectivity index (χ1n) is 8.90. The summed E-state index contributed by atoms with van der Waals surface area (Å²) in [7, 11) is 0. The van der Waals surface area contributed by atoms with Gasteiger partial charge >= 0.3 is 6.09 Å². The second kappa shape index (κ2) is 6.37. The number of carbonyl (C=O) groups is 2. The van der Waals surface area contributed by atoms with E-state index < -0.39 is 11.7 Å². The first-order valence-corrected chi connectivity index (χ1v) is 8.90. The highest BCUT2D eigenvalue weighted by atomic mass is 16.6. The lowest BCUT2D eigenvalue weighted by molar-refractivity contribution is 0.0304. The van der Waals surface area contributed by atoms with Crippen LogP contribution in [0.4, 0.5) is 4.79 Å². The van der Waals surface area contributed by atoms with E-state index in [4.69, 9.17) is 9.15 Å². The molecule has 2 aromatic rings. The van der Waals surface area contributed by atoms with Gasteiger partial charge in [0.1, 0.15) is 11.3 Å². The van der Waals surface area contributed by atoms with Crippen molar-refractivity contribution < 1.29 is 18.7 Å². The van der Waals surface area contributed by atoms with E-state index in [-0.39, 0.29) is 17.4 Å². The maximum Gasteiger partial charge on any atom is 0.407 e. The zero-order valence-electron chi connectivity index (χ0n) is 16.0. The molecule has 7 nitrogen and oxygen atoms in total. The average molecular weight is 361 g/mol. The molecule has 1 aliphatic heterocycles. The number of nitrogens with one attached hydrogen (secondary N) is 2. The van der Waals surface area contributed by atoms with E-state index in [1.54, 1.807) is 18.4 Å². The van der Waals surface area contributed by atoms with Gasteiger partial charge in [-0.25, -0.2) is 4.79 Å². The highest BCUT2D eigenvalue weighted by Crippen LogP contribution is 2.31. The molecule has 1 aliphatic rings. The summed E-state index contributed by atoms with van der Waals surface area (Å²) in [5.41, 5.74) is 1.21. The minimum Gasteiger partial charge on any atom is -0.463 e. The number of aromatic nitrogens is 1. The largest absolute Gasteiger partial charge is 0.463 e. The minimum absolute atomic E-state index is 0.0543. The number of nitrogens with zero attached hydrogens (tertiary/aromatic N) is 1. The Morgan fingerprint density at radius 2 is 2.12 bits per heavy atom. The van der Waals surface area contributed by atoms with Gasteiger partial charge in [0.15, 0.2) is 5.58 Å². The minimum atomic E-state index is -0.532. The van der Waals surface area contributed by atoms with Gasteiger partial charge in [-0.15, -0.1) is 0 Å². The van der Waals surface area contributed by atoms with Gasteiger partial charge in [0, 0.05) is 36.7 Å². The van der Waals surface area contributed by atoms with Gasteiger partial charge in [-0.3, -0.25) is 4.79 Å². The first-order chi connectivity index (χ1) is 12.0. The van der Waals surface area contributed by atoms with E-state index in [1.165, 1.54) is 0 Å². The number of alkyl carbamates (subject to hydrolysis) is 1. The lowest BCUT2D eigenvalue weighted by Crippen LogP contribution is -2.57. The summed E-state index contributed by atoms with van der Waals surface area (Å²) in [6.45, 7) is 10.7. The molecule has 3 heterocycles. The third kappa shape index (κ3) is 3.86. The topological polar surface area (TPSA) is 87.6 Å². The molecule has 0 spiro atoms. The van der Waals surface area contributed by atoms with Crippen LogP contribution >= 0.6 is 0 Å². The summed E-state index contributed by atoms with van der Waals surface area (Å²) < 4.78 is 10.7. The molecular weight excluding hydrogens is 334 g/mol. The Bertz CT molecular complexity index is 784. The van der Waals surface area contributed by atoms with E-state index in [9.17, 15) is 9.59 Å². The second-order valence-corrected chi connectivity index (χ2v) is 8.58. The summed E-state index contributed by atoms with van der Waals surface area (Å²) >= 11 is 0. The van der Waals surface area contributed by atoms with Crippen molar-refractivity contribution in [1.29, 1.82) is 0 Å². The molecule has 0 aliphatic carbocycles. The molecule has 0 unspecified atom stereocenters. The van der Waals surface area contributed by atoms with Crippen molar-refractivity contribution in [2.75, 3.05) is 13.1 Å². The van der Waals surface area contributed by atoms with Gasteiger partial charge in [-0.05, 0) is 27.2 Å². The van der Waals surface area contributed by atoms with Gasteiger partial charge in [0.25, 0.3) is 5.91 Å². The van der Waals surface area contributed by atoms with E-state index in [0.717, 1.165) is 5.52 Å². The molecule has 1 atom stereocenters. The molecule has 1 fully saturated rings. The van der Waals surface area contributed by atoms with Gasteiger partial charge in [-0.2, -0.15) is 0 Å². The van der Waals surface area contributed by atoms with E-state index in [1.807, 2.05) is 25.7 Å². The van der Waals surface area contributed by atoms with Crippen molar-refractivity contribution in [2.24, 2.45) is 5.41 Å². The number of ether oxygens (including phenoxy) is 1. The molecule has 2 amide bonds. The SMILES string of the molecule is CC(C)(C)OC(=O)N[C@@H]1CCN(C(=O)c2cc3occc3[nH]2)CC1(C)C. The molecule has 0 saturated carbocycles. The van der Waals surface area contributed by atoms with Gasteiger partial charge in [0.2, 0.25) is 0 Å². The number of amides is 2. The number of hydrogen-bond acceptors (Lipinski definition) is 4. The molecule has 3 rings (SSSR count). The lowest BCUT2D eigenvalue weighted by atomic mass is 9.79. The molecular formula is C19H27N3O4. The average Bonchev–Trinajstić information content (AvgIpc) is 3.07. The van der Waals surface area contributed by atoms with Crippen LogP contribution in [-0.4, -0.2) is 46.6 Å². The lowest BCUT2D eigenvalue weighted by Gasteiger charge is -2.44. The number of H-pyrrole nitrogens is 1. The molecule has 2 N–H and O–H groups in total. The Hall–Kier alpha value is -2.44. The Kier molecular flexibility index (Phi) is 4.50. The second-order valence-electron chi connectivity index (χ2n) is 8.58. The van der Waals surface area contributed by atoms with Crippen LogP contribution in [0.15, 0.2) is 22.8 Å². The highest BCUT2D eigenvalue weighted by molar-refractivity contribution is 5.96. The number of carbonyl (C=O) groups excluding carboxylic acids is 2. The van der Waals surface area contributed by atoms with Crippen molar-refractivity contribution in [1.82, 2.24) is 15.2 Å². The number of hydrogen-bond donors (Lipinski definition) is 2. The quantitative estimate of drug-likeness (QED) is 0.857. The van der Waals surface area contributed by atoms with Crippen LogP contribution < -0.4 is 5.32 Å². The van der Waals surface area contributed by atoms with Gasteiger partial charge in [0.05, 0.1) is 11.8 Å². The Morgan fingerprint density at radius 3 is 2.73 bits per heavy atom. The van der Waals surface area contributed by atoms with Crippen LogP contribution in [0, 0.1) is 5.41 Å². The summed E-state index contributed by atoms with van der Waals surface area (Å²) in [6.07, 6.45) is 1.85. The predicted molar refractivity (Wildman–Crippen MR) is 98.0 cm³/mol. The van der Waals surface area contributed by atoms with Crippen LogP contribution in [-0.2, 0) is 4.74 Å². The molecule has 0 aromatic carbocycles. The predicted octanol–water partition coefficient (Wildman–Crippen LogP) is 3.53. The molecule has 0 radical (unpaired) electrons. The van der Waals surface area contributed by atoms with Crippen molar-refractivity contribution >= 4 is 23.1 Å². The zero-order chi connectivity index (χ0) is 19.1. The summed E-state index contributed by atoms with van der Waals surface area (Å²) in [4.78, 5) is 29.8. The highest BCUT2D eigenvalue weighted by Gasteiger charge is 2.39. The maximum absolute atomic E-state index is 12.8. The van der Waals surface area contributed by atoms with E-state index in [2.05, 4.69) is 24.1 Å². The van der Waals surface area contributed by atoms with Crippen molar-refractivity contribution in [3.63, 3.8) is 0 Å². The summed E-state index contributed by atoms with van der Waals surface area (Å²) in [5, 5.41) is 2.96. The van der Waals surface area contributed by atoms with Gasteiger partial charge in [-0.1, -0.05) is 13.8 Å². The third-order valence-corrected chi connectivity index (χ3v) is 4.68. The number of piperidine rings is 1. The first kappa shape index (κ1) is 18.4. The zero-order valence-corrected chi connectivity index (χ0v) is 16.0. The number of fused-ring (bicyclic) bond motifs is 1. The summed E-state index contributed by atoms with van der Waals surface area (Å²) in [6, 6.07) is 3.48. The normalized spacial score (nSPS) is 20.2. The van der Waals surface area contributed by atoms with Crippen LogP contribution in [0.1, 0.15) is 51.5 Å². The molecule has 7 heteroatoms. The monoisotopic (exact) mass is 361 g/mol. The molecule has 142 valence electrons. The fraction of sp³-hybridized carbons (Fsp3) is 0.579. The number of likely N-dealkylation sites (tertiary alicyclic amines) is 1. The number of furan rings is 1. The fourth-order valence-corrected chi connectivity index (χ4v) is 3.38. The van der Waals surface area contributed by atoms with E-state index >= 15 is 0 Å². The number of aromatic amines is 1. The van der Waals surface area contributed by atoms with Crippen molar-refractivity contribution in [3.05, 3.63) is 24.1 Å². The Morgan fingerprint density at radius 1 is 1.38 bits per heavy atom. The Labute approximate surface area is 153 Å². The molecule has 0 bridgehead atoms. The summed E-state index contributed by atoms with van der Waals surface area (Å²) in [5.74, 6) is -0.0554. The third-order valence-electron chi connectivity index (χ3n) is 4.68. The fourth-order valence-electron chi connectivity index (χ4n) is 3.38. The Balaban J connectivity index is 1.65. The van der Waals surface area contributed by atoms with Crippen LogP contribution in [0.2, 0.25) is 0 Å². The van der Waals surface area contributed by atoms with Gasteiger partial charge < -0.3 is 24.4 Å². The standard InChI is InChI=1S/C19H27N3O4/c1-18(2,3)26-17(24)21-15-6-8-22(11-19(15,4)5)16(23)13-10-14-12(20-13)7-9-25-14/h7,9-10,15,20H,6,8,11H2,1-5H3,(H,21,24)/t15-/m1/s1.